The van der Waals surface area contributed by atoms with Crippen molar-refractivity contribution in [1.82, 2.24) is 9.97 Å². The molecule has 2 heterocycles. The Morgan fingerprint density at radius 2 is 1.81 bits per heavy atom. The minimum atomic E-state index is -0.437. The Bertz CT molecular complexity index is 806. The van der Waals surface area contributed by atoms with Crippen LogP contribution in [0.15, 0.2) is 30.3 Å². The maximum absolute atomic E-state index is 13.1. The van der Waals surface area contributed by atoms with Crippen LogP contribution in [-0.4, -0.2) is 9.97 Å². The van der Waals surface area contributed by atoms with Gasteiger partial charge in [0, 0.05) is 10.3 Å². The molecule has 0 radical (unpaired) electrons. The third-order valence-corrected chi connectivity index (χ3v) is 4.61. The van der Waals surface area contributed by atoms with Crippen LogP contribution >= 0.6 is 11.3 Å². The summed E-state index contributed by atoms with van der Waals surface area (Å²) in [4.78, 5) is 11.2. The number of hydrogen-bond donors (Lipinski definition) is 1. The Morgan fingerprint density at radius 3 is 2.48 bits per heavy atom. The maximum Gasteiger partial charge on any atom is 0.142 e. The van der Waals surface area contributed by atoms with Crippen LogP contribution in [0.2, 0.25) is 0 Å². The summed E-state index contributed by atoms with van der Waals surface area (Å²) < 4.78 is 13.1. The molecule has 0 atom stereocenters. The number of nitrogens with zero attached hydrogens (tertiary/aromatic N) is 2. The first-order chi connectivity index (χ1) is 9.88. The van der Waals surface area contributed by atoms with Crippen LogP contribution in [0.1, 0.15) is 30.1 Å². The summed E-state index contributed by atoms with van der Waals surface area (Å²) in [6.07, 6.45) is 0. The zero-order valence-corrected chi connectivity index (χ0v) is 13.0. The van der Waals surface area contributed by atoms with Gasteiger partial charge < -0.3 is 5.73 Å². The summed E-state index contributed by atoms with van der Waals surface area (Å²) in [5.41, 5.74) is 6.58. The summed E-state index contributed by atoms with van der Waals surface area (Å²) in [5.74, 6) is 0.898. The second-order valence-corrected chi connectivity index (χ2v) is 6.87. The SMILES string of the molecule is Cc1cc2c(N)nc(C(C)(C)c3ccc(F)cc3)nc2s1. The Labute approximate surface area is 126 Å². The third kappa shape index (κ3) is 2.38. The van der Waals surface area contributed by atoms with Gasteiger partial charge in [-0.05, 0) is 44.5 Å². The fourth-order valence-corrected chi connectivity index (χ4v) is 3.23. The highest BCUT2D eigenvalue weighted by atomic mass is 32.1. The Morgan fingerprint density at radius 1 is 1.14 bits per heavy atom. The van der Waals surface area contributed by atoms with Crippen molar-refractivity contribution >= 4 is 27.4 Å². The van der Waals surface area contributed by atoms with Crippen LogP contribution in [0.4, 0.5) is 10.2 Å². The molecule has 21 heavy (non-hydrogen) atoms. The van der Waals surface area contributed by atoms with E-state index in [-0.39, 0.29) is 5.82 Å². The second-order valence-electron chi connectivity index (χ2n) is 5.64. The molecule has 0 saturated carbocycles. The maximum atomic E-state index is 13.1. The molecule has 3 aromatic rings. The van der Waals surface area contributed by atoms with E-state index in [9.17, 15) is 4.39 Å². The van der Waals surface area contributed by atoms with Gasteiger partial charge in [-0.1, -0.05) is 12.1 Å². The first kappa shape index (κ1) is 13.9. The van der Waals surface area contributed by atoms with Crippen molar-refractivity contribution in [2.45, 2.75) is 26.2 Å². The molecular weight excluding hydrogens is 285 g/mol. The number of halogens is 1. The lowest BCUT2D eigenvalue weighted by molar-refractivity contribution is 0.587. The topological polar surface area (TPSA) is 51.8 Å². The Balaban J connectivity index is 2.15. The van der Waals surface area contributed by atoms with Gasteiger partial charge >= 0.3 is 0 Å². The molecule has 0 spiro atoms. The number of hydrogen-bond acceptors (Lipinski definition) is 4. The average Bonchev–Trinajstić information content (AvgIpc) is 2.80. The van der Waals surface area contributed by atoms with Crippen molar-refractivity contribution in [3.63, 3.8) is 0 Å². The van der Waals surface area contributed by atoms with E-state index in [0.717, 1.165) is 20.7 Å². The lowest BCUT2D eigenvalue weighted by Crippen LogP contribution is -2.23. The molecule has 0 aliphatic rings. The van der Waals surface area contributed by atoms with E-state index in [2.05, 4.69) is 9.97 Å². The molecule has 0 aliphatic carbocycles. The predicted octanol–water partition coefficient (Wildman–Crippen LogP) is 4.05. The molecule has 0 bridgehead atoms. The minimum absolute atomic E-state index is 0.251. The molecule has 2 aromatic heterocycles. The first-order valence-corrected chi connectivity index (χ1v) is 7.50. The summed E-state index contributed by atoms with van der Waals surface area (Å²) in [6, 6.07) is 8.43. The van der Waals surface area contributed by atoms with Gasteiger partial charge in [0.2, 0.25) is 0 Å². The van der Waals surface area contributed by atoms with E-state index in [1.165, 1.54) is 12.1 Å². The fraction of sp³-hybridized carbons (Fsp3) is 0.250. The molecule has 0 saturated heterocycles. The van der Waals surface area contributed by atoms with E-state index in [4.69, 9.17) is 5.73 Å². The second kappa shape index (κ2) is 4.77. The standard InChI is InChI=1S/C16H16FN3S/c1-9-8-12-13(18)19-15(20-14(12)21-9)16(2,3)10-4-6-11(17)7-5-10/h4-8H,1-3H3,(H2,18,19,20). The lowest BCUT2D eigenvalue weighted by Gasteiger charge is -2.23. The first-order valence-electron chi connectivity index (χ1n) is 6.68. The van der Waals surface area contributed by atoms with Crippen LogP contribution < -0.4 is 5.73 Å². The highest BCUT2D eigenvalue weighted by Crippen LogP contribution is 2.33. The number of thiophene rings is 1. The quantitative estimate of drug-likeness (QED) is 0.777. The number of nitrogens with two attached hydrogens (primary N) is 1. The normalized spacial score (nSPS) is 12.0. The summed E-state index contributed by atoms with van der Waals surface area (Å²) in [7, 11) is 0. The molecule has 3 nitrogen and oxygen atoms in total. The number of aromatic nitrogens is 2. The fourth-order valence-electron chi connectivity index (χ4n) is 2.34. The van der Waals surface area contributed by atoms with Crippen molar-refractivity contribution in [2.24, 2.45) is 0 Å². The number of nitrogen functional groups attached to an aromatic ring is 1. The molecule has 0 aliphatic heterocycles. The lowest BCUT2D eigenvalue weighted by atomic mass is 9.83. The van der Waals surface area contributed by atoms with Gasteiger partial charge in [0.25, 0.3) is 0 Å². The molecule has 2 N–H and O–H groups in total. The Hall–Kier alpha value is -2.01. The molecule has 108 valence electrons. The zero-order valence-electron chi connectivity index (χ0n) is 12.1. The van der Waals surface area contributed by atoms with E-state index in [1.54, 1.807) is 23.5 Å². The van der Waals surface area contributed by atoms with Gasteiger partial charge in [0.1, 0.15) is 22.3 Å². The number of aryl methyl sites for hydroxylation is 1. The van der Waals surface area contributed by atoms with Crippen LogP contribution in [0, 0.1) is 12.7 Å². The van der Waals surface area contributed by atoms with E-state index < -0.39 is 5.41 Å². The smallest absolute Gasteiger partial charge is 0.142 e. The molecule has 0 unspecified atom stereocenters. The van der Waals surface area contributed by atoms with Gasteiger partial charge in [0.05, 0.1) is 5.39 Å². The van der Waals surface area contributed by atoms with Crippen LogP contribution in [0.25, 0.3) is 10.2 Å². The van der Waals surface area contributed by atoms with Crippen LogP contribution in [0.5, 0.6) is 0 Å². The van der Waals surface area contributed by atoms with Gasteiger partial charge in [-0.3, -0.25) is 0 Å². The minimum Gasteiger partial charge on any atom is -0.383 e. The molecule has 0 amide bonds. The van der Waals surface area contributed by atoms with Crippen molar-refractivity contribution in [3.05, 3.63) is 52.4 Å². The number of rotatable bonds is 2. The molecular formula is C16H16FN3S. The van der Waals surface area contributed by atoms with Crippen molar-refractivity contribution in [1.29, 1.82) is 0 Å². The third-order valence-electron chi connectivity index (χ3n) is 3.67. The Kier molecular flexibility index (Phi) is 3.17. The summed E-state index contributed by atoms with van der Waals surface area (Å²) in [6.45, 7) is 6.05. The van der Waals surface area contributed by atoms with Crippen LogP contribution in [0.3, 0.4) is 0 Å². The zero-order chi connectivity index (χ0) is 15.2. The van der Waals surface area contributed by atoms with Crippen molar-refractivity contribution < 1.29 is 4.39 Å². The monoisotopic (exact) mass is 301 g/mol. The highest BCUT2D eigenvalue weighted by molar-refractivity contribution is 7.18. The van der Waals surface area contributed by atoms with Gasteiger partial charge in [0.15, 0.2) is 0 Å². The van der Waals surface area contributed by atoms with E-state index in [0.29, 0.717) is 11.6 Å². The van der Waals surface area contributed by atoms with Crippen molar-refractivity contribution in [3.8, 4) is 0 Å². The van der Waals surface area contributed by atoms with E-state index >= 15 is 0 Å². The average molecular weight is 301 g/mol. The summed E-state index contributed by atoms with van der Waals surface area (Å²) in [5, 5.41) is 0.899. The largest absolute Gasteiger partial charge is 0.383 e. The van der Waals surface area contributed by atoms with E-state index in [1.807, 2.05) is 26.8 Å². The predicted molar refractivity (Wildman–Crippen MR) is 85.1 cm³/mol. The van der Waals surface area contributed by atoms with Gasteiger partial charge in [-0.25, -0.2) is 14.4 Å². The number of fused-ring (bicyclic) bond motifs is 1. The molecule has 5 heteroatoms. The van der Waals surface area contributed by atoms with Gasteiger partial charge in [-0.15, -0.1) is 11.3 Å². The number of benzene rings is 1. The molecule has 3 rings (SSSR count). The van der Waals surface area contributed by atoms with Crippen LogP contribution in [-0.2, 0) is 5.41 Å². The number of anilines is 1. The highest BCUT2D eigenvalue weighted by Gasteiger charge is 2.27. The molecule has 0 fully saturated rings. The molecule has 1 aromatic carbocycles. The van der Waals surface area contributed by atoms with Gasteiger partial charge in [-0.2, -0.15) is 0 Å². The summed E-state index contributed by atoms with van der Waals surface area (Å²) >= 11 is 1.60. The van der Waals surface area contributed by atoms with Crippen molar-refractivity contribution in [2.75, 3.05) is 5.73 Å².